The molecule has 9 heteroatoms. The Morgan fingerprint density at radius 1 is 0.304 bits per heavy atom. The summed E-state index contributed by atoms with van der Waals surface area (Å²) in [6.45, 7) is 4.06. The fourth-order valence-electron chi connectivity index (χ4n) is 22.5. The van der Waals surface area contributed by atoms with Crippen molar-refractivity contribution in [1.82, 2.24) is 13.5 Å². The van der Waals surface area contributed by atoms with Crippen LogP contribution in [0.5, 0.6) is 0 Å². The van der Waals surface area contributed by atoms with E-state index in [0.717, 1.165) is 120 Å². The number of benzene rings is 17. The van der Waals surface area contributed by atoms with Crippen LogP contribution < -0.4 is 25.3 Å². The molecule has 3 unspecified atom stereocenters. The van der Waals surface area contributed by atoms with E-state index in [9.17, 15) is 0 Å². The SMILES string of the molecule is C1=CCC2C(=C1)c1cccc3c4cc(N(c5ccc(-c6ccccc6)cc5)c5ccc6oc7ccccc7c6c5)ccc4n2c13.C1=Cc2c(oc3ccccc23)C(N(c2ccc(-c3ccccc3)cc2)c2ccc3c(c2)c2cccc4c5ccccc5n3c42)C1.C=C/C=c1\c2n(c3ccc(N(c4ccc(-c5ccccc5)cc4)c4ccc5c(c4)oc4ccccc45)cc13)C1CC=CC=C1C=2. The highest BCUT2D eigenvalue weighted by Crippen LogP contribution is 2.53. The average molecular weight is 1730 g/mol. The minimum Gasteiger partial charge on any atom is -0.458 e. The summed E-state index contributed by atoms with van der Waals surface area (Å²) in [6, 6.07) is 140. The number of nitrogens with zero attached hydrogens (tertiary/aromatic N) is 6. The predicted molar refractivity (Wildman–Crippen MR) is 564 cm³/mol. The van der Waals surface area contributed by atoms with Crippen molar-refractivity contribution in [2.75, 3.05) is 14.7 Å². The Balaban J connectivity index is 0.000000103. The van der Waals surface area contributed by atoms with E-state index in [0.29, 0.717) is 12.1 Å². The molecule has 7 aromatic heterocycles. The highest BCUT2D eigenvalue weighted by molar-refractivity contribution is 6.24. The summed E-state index contributed by atoms with van der Waals surface area (Å²) in [6.07, 6.45) is 27.3. The summed E-state index contributed by atoms with van der Waals surface area (Å²) in [5.74, 6) is 1.02. The lowest BCUT2D eigenvalue weighted by molar-refractivity contribution is 0.488. The number of allylic oxidation sites excluding steroid dienone is 9. The summed E-state index contributed by atoms with van der Waals surface area (Å²) in [7, 11) is 0. The van der Waals surface area contributed by atoms with E-state index in [1.807, 2.05) is 30.3 Å². The van der Waals surface area contributed by atoms with Gasteiger partial charge in [-0.1, -0.05) is 304 Å². The topological polar surface area (TPSA) is 63.4 Å². The molecule has 9 heterocycles. The highest BCUT2D eigenvalue weighted by Gasteiger charge is 2.35. The molecular formula is C126H86N6O3. The van der Waals surface area contributed by atoms with Crippen LogP contribution in [0.2, 0.25) is 0 Å². The molecule has 0 saturated heterocycles. The van der Waals surface area contributed by atoms with Crippen LogP contribution in [0.4, 0.5) is 45.5 Å². The Labute approximate surface area is 778 Å². The quantitative estimate of drug-likeness (QED) is 0.115. The maximum Gasteiger partial charge on any atom is 0.137 e. The molecule has 0 bridgehead atoms. The van der Waals surface area contributed by atoms with Crippen LogP contribution >= 0.6 is 0 Å². The van der Waals surface area contributed by atoms with Crippen molar-refractivity contribution in [2.24, 2.45) is 0 Å². The Bertz CT molecular complexity index is 9250. The molecular weight excluding hydrogens is 1650 g/mol. The largest absolute Gasteiger partial charge is 0.458 e. The van der Waals surface area contributed by atoms with Crippen LogP contribution in [-0.4, -0.2) is 13.5 Å². The molecule has 0 saturated carbocycles. The summed E-state index contributed by atoms with van der Waals surface area (Å²) in [5.41, 5.74) is 33.7. The van der Waals surface area contributed by atoms with Gasteiger partial charge in [0.2, 0.25) is 0 Å². The summed E-state index contributed by atoms with van der Waals surface area (Å²) >= 11 is 0. The van der Waals surface area contributed by atoms with E-state index >= 15 is 0 Å². The molecule has 3 aliphatic carbocycles. The van der Waals surface area contributed by atoms with Gasteiger partial charge >= 0.3 is 0 Å². The first-order valence-electron chi connectivity index (χ1n) is 46.7. The van der Waals surface area contributed by atoms with Crippen molar-refractivity contribution in [2.45, 2.75) is 37.4 Å². The van der Waals surface area contributed by atoms with Gasteiger partial charge in [0.25, 0.3) is 0 Å². The van der Waals surface area contributed by atoms with Gasteiger partial charge in [-0.05, 0) is 215 Å². The van der Waals surface area contributed by atoms with Crippen LogP contribution in [0.15, 0.2) is 462 Å². The number of hydrogen-bond donors (Lipinski definition) is 0. The number of fused-ring (bicyclic) bond motifs is 26. The van der Waals surface area contributed by atoms with Crippen molar-refractivity contribution in [1.29, 1.82) is 0 Å². The fraction of sp³-hybridized carbons (Fsp3) is 0.0476. The first-order chi connectivity index (χ1) is 66.9. The zero-order valence-electron chi connectivity index (χ0n) is 73.8. The van der Waals surface area contributed by atoms with Gasteiger partial charge < -0.3 is 41.5 Å². The van der Waals surface area contributed by atoms with Crippen LogP contribution in [0.25, 0.3) is 183 Å². The van der Waals surface area contributed by atoms with E-state index < -0.39 is 0 Å². The minimum atomic E-state index is 0.00923. The lowest BCUT2D eigenvalue weighted by Gasteiger charge is -2.34. The monoisotopic (exact) mass is 1730 g/mol. The zero-order chi connectivity index (χ0) is 88.9. The normalized spacial score (nSPS) is 15.2. The van der Waals surface area contributed by atoms with Crippen LogP contribution in [0.3, 0.4) is 0 Å². The minimum absolute atomic E-state index is 0.00923. The third-order valence-electron chi connectivity index (χ3n) is 28.6. The Hall–Kier alpha value is -17.4. The van der Waals surface area contributed by atoms with Gasteiger partial charge in [0, 0.05) is 144 Å². The smallest absolute Gasteiger partial charge is 0.137 e. The third kappa shape index (κ3) is 12.6. The Morgan fingerprint density at radius 2 is 0.756 bits per heavy atom. The molecule has 9 nitrogen and oxygen atoms in total. The average Bonchev–Trinajstić information content (AvgIpc) is 1.55. The van der Waals surface area contributed by atoms with Crippen molar-refractivity contribution in [3.63, 3.8) is 0 Å². The molecule has 2 aliphatic heterocycles. The van der Waals surface area contributed by atoms with Gasteiger partial charge in [0.1, 0.15) is 33.7 Å². The third-order valence-corrected chi connectivity index (χ3v) is 28.6. The molecule has 3 atom stereocenters. The van der Waals surface area contributed by atoms with Gasteiger partial charge in [0.15, 0.2) is 0 Å². The second-order valence-corrected chi connectivity index (χ2v) is 36.0. The molecule has 638 valence electrons. The highest BCUT2D eigenvalue weighted by atomic mass is 16.3. The molecule has 0 radical (unpaired) electrons. The lowest BCUT2D eigenvalue weighted by Crippen LogP contribution is -2.26. The molecule has 24 aromatic rings. The van der Waals surface area contributed by atoms with E-state index in [4.69, 9.17) is 13.3 Å². The van der Waals surface area contributed by atoms with Crippen LogP contribution in [0.1, 0.15) is 54.3 Å². The Morgan fingerprint density at radius 3 is 1.42 bits per heavy atom. The van der Waals surface area contributed by atoms with E-state index in [2.05, 4.69) is 460 Å². The standard InChI is InChI=1S/2C42H28N2O.C42H30N2O/c1-2-10-27(11-3-1)28-20-22-29(23-21-28)43(39-18-9-16-35-32-13-5-7-19-40(32)45-42(35)39)30-24-25-38-36(26-30)34-15-8-14-33-31-12-4-6-17-37(31)44(38)41(33)34;1-2-9-27(10-3-1)28-17-19-29(20-18-28)43(31-22-24-41-37(26-31)33-12-5-7-16-40(33)45-41)30-21-23-39-36(25-30)35-14-8-13-34-32-11-4-6-15-38(32)44(39)42(34)35;1-2-10-34-37-26-32(22-24-39(37)44-38-15-8-6-13-30(38)25-40(34)44)43(31-19-17-29(18-20-31)28-11-4-3-5-12-28)33-21-23-36-35-14-7-9-16-41(35)45-42(36)27-33/h1-17,19-26,39H,18H2;1-14,16-26,38H,15H2;2-14,16-27,38H,1,15H2/b;;34-10-. The summed E-state index contributed by atoms with van der Waals surface area (Å²) in [5, 5.41) is 17.1. The van der Waals surface area contributed by atoms with Gasteiger partial charge in [-0.3, -0.25) is 0 Å². The van der Waals surface area contributed by atoms with E-state index in [1.165, 1.54) is 142 Å². The number of hydrogen-bond acceptors (Lipinski definition) is 6. The lowest BCUT2D eigenvalue weighted by atomic mass is 9.94. The number of furan rings is 3. The molecule has 135 heavy (non-hydrogen) atoms. The molecule has 17 aromatic carbocycles. The maximum absolute atomic E-state index is 6.65. The molecule has 5 aliphatic rings. The first-order valence-corrected chi connectivity index (χ1v) is 46.7. The molecule has 0 amide bonds. The molecule has 0 N–H and O–H groups in total. The molecule has 29 rings (SSSR count). The molecule has 0 spiro atoms. The maximum atomic E-state index is 6.65. The zero-order valence-corrected chi connectivity index (χ0v) is 73.8. The second-order valence-electron chi connectivity index (χ2n) is 36.0. The van der Waals surface area contributed by atoms with Crippen molar-refractivity contribution in [3.8, 4) is 33.4 Å². The molecule has 0 fully saturated rings. The van der Waals surface area contributed by atoms with E-state index in [1.54, 1.807) is 0 Å². The fourth-order valence-corrected chi connectivity index (χ4v) is 22.5. The van der Waals surface area contributed by atoms with Crippen molar-refractivity contribution in [3.05, 3.63) is 476 Å². The number of anilines is 8. The summed E-state index contributed by atoms with van der Waals surface area (Å²) < 4.78 is 26.7. The first kappa shape index (κ1) is 77.5. The van der Waals surface area contributed by atoms with Gasteiger partial charge in [-0.2, -0.15) is 0 Å². The predicted octanol–water partition coefficient (Wildman–Crippen LogP) is 33.1. The van der Waals surface area contributed by atoms with Gasteiger partial charge in [-0.25, -0.2) is 0 Å². The van der Waals surface area contributed by atoms with Gasteiger partial charge in [0.05, 0.1) is 45.5 Å². The van der Waals surface area contributed by atoms with Crippen molar-refractivity contribution >= 4 is 195 Å². The van der Waals surface area contributed by atoms with Crippen molar-refractivity contribution < 1.29 is 13.3 Å². The number of rotatable bonds is 13. The van der Waals surface area contributed by atoms with E-state index in [-0.39, 0.29) is 6.04 Å². The van der Waals surface area contributed by atoms with Gasteiger partial charge in [-0.15, -0.1) is 0 Å². The van der Waals surface area contributed by atoms with Crippen LogP contribution in [0, 0.1) is 0 Å². The van der Waals surface area contributed by atoms with Crippen LogP contribution in [-0.2, 0) is 0 Å². The summed E-state index contributed by atoms with van der Waals surface area (Å²) in [4.78, 5) is 7.19. The Kier molecular flexibility index (Phi) is 18.1. The number of aromatic nitrogens is 3. The number of para-hydroxylation sites is 6. The second kappa shape index (κ2) is 31.4.